The van der Waals surface area contributed by atoms with E-state index in [1.165, 1.54) is 18.3 Å². The monoisotopic (exact) mass is 334 g/mol. The second-order valence-corrected chi connectivity index (χ2v) is 6.53. The highest BCUT2D eigenvalue weighted by molar-refractivity contribution is 7.13. The maximum Gasteiger partial charge on any atom is 0.350 e. The van der Waals surface area contributed by atoms with Gasteiger partial charge in [-0.1, -0.05) is 0 Å². The summed E-state index contributed by atoms with van der Waals surface area (Å²) in [4.78, 5) is 43.3. The fraction of sp³-hybridized carbons (Fsp3) is 0.375. The second-order valence-electron chi connectivity index (χ2n) is 5.33. The van der Waals surface area contributed by atoms with Gasteiger partial charge in [0.15, 0.2) is 12.4 Å². The molecule has 0 radical (unpaired) electrons. The van der Waals surface area contributed by atoms with Crippen molar-refractivity contribution in [2.75, 3.05) is 6.61 Å². The summed E-state index contributed by atoms with van der Waals surface area (Å²) in [5.74, 6) is -1.04. The van der Waals surface area contributed by atoms with Gasteiger partial charge in [0.2, 0.25) is 5.78 Å². The Bertz CT molecular complexity index is 801. The number of ether oxygens (including phenoxy) is 1. The van der Waals surface area contributed by atoms with E-state index in [0.717, 1.165) is 5.01 Å². The van der Waals surface area contributed by atoms with Crippen LogP contribution in [0.15, 0.2) is 0 Å². The van der Waals surface area contributed by atoms with Crippen LogP contribution < -0.4 is 0 Å². The predicted molar refractivity (Wildman–Crippen MR) is 86.5 cm³/mol. The van der Waals surface area contributed by atoms with Crippen molar-refractivity contribution >= 4 is 28.9 Å². The molecular weight excluding hydrogens is 316 g/mol. The van der Waals surface area contributed by atoms with Gasteiger partial charge in [0.1, 0.15) is 4.88 Å². The first-order valence-electron chi connectivity index (χ1n) is 7.06. The molecule has 0 spiro atoms. The molecule has 6 nitrogen and oxygen atoms in total. The van der Waals surface area contributed by atoms with Gasteiger partial charge >= 0.3 is 5.97 Å². The summed E-state index contributed by atoms with van der Waals surface area (Å²) in [5.41, 5.74) is 2.63. The van der Waals surface area contributed by atoms with E-state index in [4.69, 9.17) is 4.74 Å². The second kappa shape index (κ2) is 6.45. The molecular formula is C16H18N2O4S. The molecule has 0 saturated heterocycles. The number of nitrogens with zero attached hydrogens (tertiary/aromatic N) is 1. The van der Waals surface area contributed by atoms with Crippen molar-refractivity contribution in [2.45, 2.75) is 34.6 Å². The Morgan fingerprint density at radius 2 is 1.83 bits per heavy atom. The number of rotatable bonds is 5. The molecule has 122 valence electrons. The normalized spacial score (nSPS) is 10.7. The fourth-order valence-electron chi connectivity index (χ4n) is 2.55. The molecule has 23 heavy (non-hydrogen) atoms. The van der Waals surface area contributed by atoms with Gasteiger partial charge in [-0.2, -0.15) is 0 Å². The van der Waals surface area contributed by atoms with Gasteiger partial charge < -0.3 is 9.72 Å². The van der Waals surface area contributed by atoms with Gasteiger partial charge in [-0.25, -0.2) is 9.78 Å². The Morgan fingerprint density at radius 3 is 2.30 bits per heavy atom. The lowest BCUT2D eigenvalue weighted by Crippen LogP contribution is -2.15. The smallest absolute Gasteiger partial charge is 0.350 e. The van der Waals surface area contributed by atoms with Crippen LogP contribution in [0.1, 0.15) is 59.4 Å². The average molecular weight is 334 g/mol. The summed E-state index contributed by atoms with van der Waals surface area (Å²) in [6, 6.07) is 0. The first kappa shape index (κ1) is 17.1. The van der Waals surface area contributed by atoms with E-state index in [1.54, 1.807) is 27.7 Å². The van der Waals surface area contributed by atoms with Gasteiger partial charge in [-0.15, -0.1) is 11.3 Å². The zero-order valence-electron chi connectivity index (χ0n) is 13.7. The molecule has 0 aliphatic carbocycles. The number of hydrogen-bond acceptors (Lipinski definition) is 6. The predicted octanol–water partition coefficient (Wildman–Crippen LogP) is 2.95. The first-order chi connectivity index (χ1) is 10.7. The van der Waals surface area contributed by atoms with E-state index in [9.17, 15) is 14.4 Å². The van der Waals surface area contributed by atoms with E-state index >= 15 is 0 Å². The average Bonchev–Trinajstić information content (AvgIpc) is 2.94. The molecule has 0 atom stereocenters. The third-order valence-corrected chi connectivity index (χ3v) is 4.54. The number of H-pyrrole nitrogens is 1. The molecule has 0 unspecified atom stereocenters. The first-order valence-corrected chi connectivity index (χ1v) is 7.88. The zero-order chi connectivity index (χ0) is 17.3. The van der Waals surface area contributed by atoms with Crippen molar-refractivity contribution in [1.82, 2.24) is 9.97 Å². The van der Waals surface area contributed by atoms with Crippen molar-refractivity contribution in [3.05, 3.63) is 38.1 Å². The van der Waals surface area contributed by atoms with Crippen molar-refractivity contribution in [1.29, 1.82) is 0 Å². The maximum atomic E-state index is 12.2. The van der Waals surface area contributed by atoms with Gasteiger partial charge in [0.25, 0.3) is 0 Å². The van der Waals surface area contributed by atoms with Crippen LogP contribution in [-0.4, -0.2) is 34.1 Å². The number of carbonyl (C=O) groups is 3. The molecule has 0 bridgehead atoms. The lowest BCUT2D eigenvalue weighted by Gasteiger charge is -2.03. The number of ketones is 2. The largest absolute Gasteiger partial charge is 0.453 e. The van der Waals surface area contributed by atoms with E-state index in [0.29, 0.717) is 33.1 Å². The molecule has 7 heteroatoms. The number of esters is 1. The summed E-state index contributed by atoms with van der Waals surface area (Å²) in [6.45, 7) is 8.02. The lowest BCUT2D eigenvalue weighted by atomic mass is 10.1. The topological polar surface area (TPSA) is 89.1 Å². The number of carbonyl (C=O) groups excluding carboxylic acids is 3. The molecule has 0 aromatic carbocycles. The zero-order valence-corrected chi connectivity index (χ0v) is 14.5. The molecule has 2 aromatic rings. The van der Waals surface area contributed by atoms with Crippen LogP contribution in [0, 0.1) is 27.7 Å². The molecule has 2 aromatic heterocycles. The molecule has 0 saturated carbocycles. The highest BCUT2D eigenvalue weighted by Crippen LogP contribution is 2.20. The van der Waals surface area contributed by atoms with Crippen molar-refractivity contribution in [3.8, 4) is 0 Å². The van der Waals surface area contributed by atoms with Crippen LogP contribution in [0.5, 0.6) is 0 Å². The molecule has 0 aliphatic rings. The summed E-state index contributed by atoms with van der Waals surface area (Å²) >= 11 is 1.23. The molecule has 0 fully saturated rings. The van der Waals surface area contributed by atoms with Crippen molar-refractivity contribution in [3.63, 3.8) is 0 Å². The number of thiazole rings is 1. The van der Waals surface area contributed by atoms with Crippen molar-refractivity contribution < 1.29 is 19.1 Å². The van der Waals surface area contributed by atoms with E-state index in [-0.39, 0.29) is 18.2 Å². The number of aromatic amines is 1. The Balaban J connectivity index is 2.11. The Hall–Kier alpha value is -2.28. The van der Waals surface area contributed by atoms with Crippen LogP contribution in [-0.2, 0) is 4.74 Å². The molecule has 0 amide bonds. The summed E-state index contributed by atoms with van der Waals surface area (Å²) in [7, 11) is 0. The number of hydrogen-bond donors (Lipinski definition) is 1. The van der Waals surface area contributed by atoms with Gasteiger partial charge in [-0.05, 0) is 40.2 Å². The maximum absolute atomic E-state index is 12.2. The lowest BCUT2D eigenvalue weighted by molar-refractivity contribution is 0.0477. The van der Waals surface area contributed by atoms with Crippen LogP contribution in [0.3, 0.4) is 0 Å². The number of aromatic nitrogens is 2. The van der Waals surface area contributed by atoms with Gasteiger partial charge in [0, 0.05) is 11.3 Å². The quantitative estimate of drug-likeness (QED) is 0.671. The minimum Gasteiger partial charge on any atom is -0.453 e. The van der Waals surface area contributed by atoms with Gasteiger partial charge in [-0.3, -0.25) is 9.59 Å². The summed E-state index contributed by atoms with van der Waals surface area (Å²) in [6.07, 6.45) is 0. The van der Waals surface area contributed by atoms with Crippen molar-refractivity contribution in [2.24, 2.45) is 0 Å². The standard InChI is InChI=1S/C16H18N2O4S/c1-7-13(10(4)19)8(2)18-14(7)12(20)6-22-16(21)15-9(3)17-11(5)23-15/h18H,6H2,1-5H3. The molecule has 1 N–H and O–H groups in total. The molecule has 2 heterocycles. The highest BCUT2D eigenvalue weighted by atomic mass is 32.1. The Morgan fingerprint density at radius 1 is 1.17 bits per heavy atom. The number of Topliss-reactive ketones (excluding diaryl/α,β-unsaturated/α-hetero) is 2. The number of aryl methyl sites for hydroxylation is 3. The molecule has 2 rings (SSSR count). The van der Waals surface area contributed by atoms with Crippen LogP contribution in [0.25, 0.3) is 0 Å². The van der Waals surface area contributed by atoms with Crippen LogP contribution >= 0.6 is 11.3 Å². The third-order valence-electron chi connectivity index (χ3n) is 3.49. The number of nitrogens with one attached hydrogen (secondary N) is 1. The Kier molecular flexibility index (Phi) is 4.79. The fourth-order valence-corrected chi connectivity index (χ4v) is 3.36. The molecule has 0 aliphatic heterocycles. The van der Waals surface area contributed by atoms with E-state index in [1.807, 2.05) is 0 Å². The van der Waals surface area contributed by atoms with Crippen LogP contribution in [0.4, 0.5) is 0 Å². The van der Waals surface area contributed by atoms with E-state index in [2.05, 4.69) is 9.97 Å². The minimum absolute atomic E-state index is 0.108. The summed E-state index contributed by atoms with van der Waals surface area (Å²) in [5, 5.41) is 0.766. The van der Waals surface area contributed by atoms with Gasteiger partial charge in [0.05, 0.1) is 16.4 Å². The minimum atomic E-state index is -0.561. The van der Waals surface area contributed by atoms with E-state index < -0.39 is 5.97 Å². The SMILES string of the molecule is CC(=O)c1c(C)[nH]c(C(=O)COC(=O)c2sc(C)nc2C)c1C. The Labute approximate surface area is 137 Å². The summed E-state index contributed by atoms with van der Waals surface area (Å²) < 4.78 is 5.08. The highest BCUT2D eigenvalue weighted by Gasteiger charge is 2.22. The third kappa shape index (κ3) is 3.39. The van der Waals surface area contributed by atoms with Crippen LogP contribution in [0.2, 0.25) is 0 Å².